The molecule has 2 aromatic carbocycles. The Hall–Kier alpha value is -2.83. The lowest BCUT2D eigenvalue weighted by Gasteiger charge is -2.12. The maximum absolute atomic E-state index is 12.8. The molecule has 0 unspecified atom stereocenters. The van der Waals surface area contributed by atoms with Crippen LogP contribution in [-0.2, 0) is 6.18 Å². The zero-order chi connectivity index (χ0) is 21.6. The van der Waals surface area contributed by atoms with Crippen molar-refractivity contribution in [3.05, 3.63) is 67.8 Å². The van der Waals surface area contributed by atoms with Crippen LogP contribution in [0.2, 0.25) is 0 Å². The third kappa shape index (κ3) is 5.82. The fourth-order valence-corrected chi connectivity index (χ4v) is 3.01. The van der Waals surface area contributed by atoms with E-state index in [0.717, 1.165) is 15.7 Å². The number of nitro benzene ring substituents is 1. The van der Waals surface area contributed by atoms with E-state index in [1.807, 2.05) is 22.6 Å². The monoisotopic (exact) mass is 521 g/mol. The maximum atomic E-state index is 12.8. The molecule has 0 aliphatic rings. The van der Waals surface area contributed by atoms with Crippen LogP contribution < -0.4 is 14.9 Å². The molecule has 0 aromatic heterocycles. The first-order valence-corrected chi connectivity index (χ1v) is 9.01. The summed E-state index contributed by atoms with van der Waals surface area (Å²) >= 11 is 2.05. The highest BCUT2D eigenvalue weighted by Gasteiger charge is 2.33. The van der Waals surface area contributed by atoms with Crippen LogP contribution in [-0.4, -0.2) is 24.9 Å². The lowest BCUT2D eigenvalue weighted by molar-refractivity contribution is -0.384. The van der Waals surface area contributed by atoms with Gasteiger partial charge in [-0.1, -0.05) is 12.7 Å². The Bertz CT molecular complexity index is 949. The van der Waals surface area contributed by atoms with Crippen molar-refractivity contribution >= 4 is 40.2 Å². The minimum absolute atomic E-state index is 0.174. The number of halogens is 4. The van der Waals surface area contributed by atoms with Crippen LogP contribution in [0, 0.1) is 13.7 Å². The second-order valence-corrected chi connectivity index (χ2v) is 6.65. The number of hydrogen-bond acceptors (Lipinski definition) is 6. The van der Waals surface area contributed by atoms with Gasteiger partial charge in [0.1, 0.15) is 12.3 Å². The molecule has 11 heteroatoms. The summed E-state index contributed by atoms with van der Waals surface area (Å²) in [4.78, 5) is 10.2. The van der Waals surface area contributed by atoms with Crippen molar-refractivity contribution in [2.24, 2.45) is 5.10 Å². The number of ether oxygens (including phenoxy) is 2. The quantitative estimate of drug-likeness (QED) is 0.169. The lowest BCUT2D eigenvalue weighted by Crippen LogP contribution is -2.06. The Balaban J connectivity index is 2.26. The number of rotatable bonds is 8. The average molecular weight is 521 g/mol. The van der Waals surface area contributed by atoms with Crippen molar-refractivity contribution in [3.8, 4) is 11.5 Å². The van der Waals surface area contributed by atoms with Gasteiger partial charge in [0.2, 0.25) is 0 Å². The predicted octanol–water partition coefficient (Wildman–Crippen LogP) is 5.24. The van der Waals surface area contributed by atoms with Crippen molar-refractivity contribution in [2.45, 2.75) is 6.18 Å². The van der Waals surface area contributed by atoms with E-state index in [1.54, 1.807) is 18.2 Å². The van der Waals surface area contributed by atoms with Gasteiger partial charge >= 0.3 is 6.18 Å². The fraction of sp³-hybridized carbons (Fsp3) is 0.167. The molecule has 7 nitrogen and oxygen atoms in total. The number of hydrogen-bond donors (Lipinski definition) is 1. The molecule has 0 saturated heterocycles. The van der Waals surface area contributed by atoms with Crippen LogP contribution >= 0.6 is 22.6 Å². The van der Waals surface area contributed by atoms with Crippen LogP contribution in [0.25, 0.3) is 0 Å². The van der Waals surface area contributed by atoms with Crippen molar-refractivity contribution in [1.82, 2.24) is 0 Å². The van der Waals surface area contributed by atoms with Crippen molar-refractivity contribution in [1.29, 1.82) is 0 Å². The van der Waals surface area contributed by atoms with Gasteiger partial charge < -0.3 is 9.47 Å². The summed E-state index contributed by atoms with van der Waals surface area (Å²) in [5.41, 5.74) is 0.953. The third-order valence-corrected chi connectivity index (χ3v) is 4.32. The van der Waals surface area contributed by atoms with Gasteiger partial charge in [0.15, 0.2) is 11.5 Å². The summed E-state index contributed by atoms with van der Waals surface area (Å²) in [5, 5.41) is 15.0. The highest BCUT2D eigenvalue weighted by molar-refractivity contribution is 14.1. The molecule has 2 rings (SSSR count). The van der Waals surface area contributed by atoms with Crippen LogP contribution in [0.15, 0.2) is 48.1 Å². The number of benzene rings is 2. The first-order chi connectivity index (χ1) is 13.7. The smallest absolute Gasteiger partial charge is 0.416 e. The zero-order valence-electron chi connectivity index (χ0n) is 15.0. The Morgan fingerprint density at radius 1 is 1.34 bits per heavy atom. The Kier molecular flexibility index (Phi) is 7.42. The molecule has 154 valence electrons. The van der Waals surface area contributed by atoms with Gasteiger partial charge in [0, 0.05) is 6.07 Å². The predicted molar refractivity (Wildman–Crippen MR) is 111 cm³/mol. The van der Waals surface area contributed by atoms with Crippen LogP contribution in [0.4, 0.5) is 24.5 Å². The van der Waals surface area contributed by atoms with E-state index in [1.165, 1.54) is 13.3 Å². The minimum atomic E-state index is -4.69. The van der Waals surface area contributed by atoms with Crippen LogP contribution in [0.3, 0.4) is 0 Å². The van der Waals surface area contributed by atoms with Crippen molar-refractivity contribution in [2.75, 3.05) is 19.1 Å². The highest BCUT2D eigenvalue weighted by Crippen LogP contribution is 2.35. The van der Waals surface area contributed by atoms with E-state index in [0.29, 0.717) is 29.7 Å². The van der Waals surface area contributed by atoms with E-state index in [-0.39, 0.29) is 5.69 Å². The molecule has 0 bridgehead atoms. The third-order valence-electron chi connectivity index (χ3n) is 3.52. The van der Waals surface area contributed by atoms with E-state index < -0.39 is 22.4 Å². The second kappa shape index (κ2) is 9.58. The second-order valence-electron chi connectivity index (χ2n) is 5.49. The van der Waals surface area contributed by atoms with Gasteiger partial charge in [-0.05, 0) is 52.4 Å². The zero-order valence-corrected chi connectivity index (χ0v) is 17.2. The number of alkyl halides is 3. The number of methoxy groups -OCH3 is 1. The van der Waals surface area contributed by atoms with Crippen molar-refractivity contribution < 1.29 is 27.6 Å². The summed E-state index contributed by atoms with van der Waals surface area (Å²) in [7, 11) is 1.47. The summed E-state index contributed by atoms with van der Waals surface area (Å²) in [6.07, 6.45) is -1.75. The van der Waals surface area contributed by atoms with Crippen LogP contribution in [0.5, 0.6) is 11.5 Å². The fourth-order valence-electron chi connectivity index (χ4n) is 2.23. The molecule has 0 atom stereocenters. The molecule has 1 N–H and O–H groups in total. The molecule has 0 saturated carbocycles. The summed E-state index contributed by atoms with van der Waals surface area (Å²) < 4.78 is 49.8. The minimum Gasteiger partial charge on any atom is -0.493 e. The van der Waals surface area contributed by atoms with E-state index in [4.69, 9.17) is 9.47 Å². The average Bonchev–Trinajstić information content (AvgIpc) is 2.66. The summed E-state index contributed by atoms with van der Waals surface area (Å²) in [6, 6.07) is 5.51. The standard InChI is InChI=1S/C18H15F3IN3O4/c1-3-6-29-17-13(22)7-11(8-16(17)28-2)10-23-24-14-5-4-12(18(19,20)21)9-15(14)25(26)27/h3-5,7-10,24H,1,6H2,2H3/b23-10+. The first-order valence-electron chi connectivity index (χ1n) is 7.93. The van der Waals surface area contributed by atoms with Gasteiger partial charge in [-0.2, -0.15) is 18.3 Å². The molecule has 0 aliphatic heterocycles. The molecule has 0 heterocycles. The lowest BCUT2D eigenvalue weighted by atomic mass is 10.1. The van der Waals surface area contributed by atoms with Gasteiger partial charge in [-0.15, -0.1) is 0 Å². The number of hydrazone groups is 1. The van der Waals surface area contributed by atoms with Gasteiger partial charge in [0.25, 0.3) is 5.69 Å². The molecule has 0 aliphatic carbocycles. The largest absolute Gasteiger partial charge is 0.493 e. The maximum Gasteiger partial charge on any atom is 0.416 e. The molecule has 0 amide bonds. The Morgan fingerprint density at radius 2 is 2.07 bits per heavy atom. The van der Waals surface area contributed by atoms with E-state index in [9.17, 15) is 23.3 Å². The number of nitrogens with zero attached hydrogens (tertiary/aromatic N) is 2. The number of anilines is 1. The van der Waals surface area contributed by atoms with Gasteiger partial charge in [0.05, 0.1) is 27.4 Å². The molecule has 0 fully saturated rings. The van der Waals surface area contributed by atoms with Crippen LogP contribution in [0.1, 0.15) is 11.1 Å². The number of nitrogens with one attached hydrogen (secondary N) is 1. The number of nitro groups is 1. The molecule has 2 aromatic rings. The highest BCUT2D eigenvalue weighted by atomic mass is 127. The van der Waals surface area contributed by atoms with Gasteiger partial charge in [-0.25, -0.2) is 0 Å². The molecular weight excluding hydrogens is 506 g/mol. The topological polar surface area (TPSA) is 86.0 Å². The van der Waals surface area contributed by atoms with E-state index >= 15 is 0 Å². The summed E-state index contributed by atoms with van der Waals surface area (Å²) in [5.74, 6) is 0.970. The van der Waals surface area contributed by atoms with Crippen molar-refractivity contribution in [3.63, 3.8) is 0 Å². The molecule has 29 heavy (non-hydrogen) atoms. The van der Waals surface area contributed by atoms with Gasteiger partial charge in [-0.3, -0.25) is 15.5 Å². The van der Waals surface area contributed by atoms with E-state index in [2.05, 4.69) is 17.1 Å². The molecular formula is C18H15F3IN3O4. The SMILES string of the molecule is C=CCOc1c(I)cc(/C=N/Nc2ccc(C(F)(F)F)cc2[N+](=O)[O-])cc1OC. The Morgan fingerprint density at radius 3 is 2.66 bits per heavy atom. The Labute approximate surface area is 177 Å². The normalized spacial score (nSPS) is 11.3. The molecule has 0 radical (unpaired) electrons. The molecule has 0 spiro atoms. The summed E-state index contributed by atoms with van der Waals surface area (Å²) in [6.45, 7) is 3.87. The first kappa shape index (κ1) is 22.5.